The number of halogens is 3. The van der Waals surface area contributed by atoms with Crippen LogP contribution in [0.2, 0.25) is 0 Å². The zero-order valence-electron chi connectivity index (χ0n) is 8.10. The lowest BCUT2D eigenvalue weighted by Crippen LogP contribution is -2.11. The van der Waals surface area contributed by atoms with Crippen molar-refractivity contribution in [1.82, 2.24) is 0 Å². The number of terminal acetylenes is 1. The average molecular weight is 224 g/mol. The van der Waals surface area contributed by atoms with Crippen molar-refractivity contribution in [3.05, 3.63) is 29.3 Å². The lowest BCUT2D eigenvalue weighted by molar-refractivity contribution is -0.137. The molecule has 0 saturated carbocycles. The van der Waals surface area contributed by atoms with Gasteiger partial charge in [-0.1, -0.05) is 5.92 Å². The maximum atomic E-state index is 12.6. The molecule has 82 valence electrons. The molecule has 0 radical (unpaired) electrons. The first-order chi connectivity index (χ1) is 7.49. The van der Waals surface area contributed by atoms with Crippen molar-refractivity contribution in [3.63, 3.8) is 0 Å². The first-order valence-corrected chi connectivity index (χ1v) is 4.27. The van der Waals surface area contributed by atoms with Gasteiger partial charge >= 0.3 is 6.18 Å². The fourth-order valence-corrected chi connectivity index (χ4v) is 1.15. The molecule has 0 heterocycles. The Labute approximate surface area is 90.7 Å². The number of benzene rings is 1. The molecule has 0 spiro atoms. The summed E-state index contributed by atoms with van der Waals surface area (Å²) in [6, 6.07) is 4.94. The summed E-state index contributed by atoms with van der Waals surface area (Å²) in [7, 11) is 0. The second-order valence-corrected chi connectivity index (χ2v) is 2.93. The molecular formula is C11H7F3N2. The van der Waals surface area contributed by atoms with Gasteiger partial charge in [0.1, 0.15) is 0 Å². The second kappa shape index (κ2) is 4.59. The molecule has 2 nitrogen and oxygen atoms in total. The number of nitriles is 1. The van der Waals surface area contributed by atoms with E-state index in [1.807, 2.05) is 0 Å². The van der Waals surface area contributed by atoms with E-state index in [1.165, 1.54) is 12.1 Å². The number of nitrogens with zero attached hydrogens (tertiary/aromatic N) is 1. The normalized spacial score (nSPS) is 10.3. The molecule has 0 saturated heterocycles. The Morgan fingerprint density at radius 1 is 1.38 bits per heavy atom. The molecule has 1 N–H and O–H groups in total. The van der Waals surface area contributed by atoms with E-state index < -0.39 is 11.7 Å². The van der Waals surface area contributed by atoms with Gasteiger partial charge in [0, 0.05) is 5.69 Å². The van der Waals surface area contributed by atoms with E-state index in [-0.39, 0.29) is 17.8 Å². The van der Waals surface area contributed by atoms with Crippen LogP contribution in [0.3, 0.4) is 0 Å². The minimum atomic E-state index is -4.51. The van der Waals surface area contributed by atoms with E-state index >= 15 is 0 Å². The largest absolute Gasteiger partial charge is 0.418 e. The van der Waals surface area contributed by atoms with Crippen molar-refractivity contribution in [2.75, 3.05) is 11.9 Å². The van der Waals surface area contributed by atoms with Crippen molar-refractivity contribution in [1.29, 1.82) is 5.26 Å². The molecule has 0 aliphatic rings. The smallest absolute Gasteiger partial charge is 0.374 e. The van der Waals surface area contributed by atoms with Crippen LogP contribution < -0.4 is 5.32 Å². The quantitative estimate of drug-likeness (QED) is 0.784. The summed E-state index contributed by atoms with van der Waals surface area (Å²) in [6.45, 7) is -0.00498. The first kappa shape index (κ1) is 11.9. The Morgan fingerprint density at radius 3 is 2.56 bits per heavy atom. The van der Waals surface area contributed by atoms with Gasteiger partial charge in [-0.25, -0.2) is 0 Å². The van der Waals surface area contributed by atoms with Crippen molar-refractivity contribution >= 4 is 5.69 Å². The SMILES string of the molecule is C#CCNc1ccc(C#N)cc1C(F)(F)F. The van der Waals surface area contributed by atoms with E-state index in [0.29, 0.717) is 0 Å². The molecule has 5 heteroatoms. The number of alkyl halides is 3. The highest BCUT2D eigenvalue weighted by Crippen LogP contribution is 2.35. The lowest BCUT2D eigenvalue weighted by Gasteiger charge is -2.13. The molecule has 0 bridgehead atoms. The third-order valence-corrected chi connectivity index (χ3v) is 1.83. The molecule has 16 heavy (non-hydrogen) atoms. The molecule has 0 atom stereocenters. The van der Waals surface area contributed by atoms with Gasteiger partial charge in [0.25, 0.3) is 0 Å². The summed E-state index contributed by atoms with van der Waals surface area (Å²) in [5, 5.41) is 11.0. The molecule has 1 aromatic carbocycles. The maximum absolute atomic E-state index is 12.6. The third kappa shape index (κ3) is 2.68. The Bertz CT molecular complexity index is 464. The van der Waals surface area contributed by atoms with Crippen LogP contribution >= 0.6 is 0 Å². The molecule has 1 rings (SSSR count). The molecule has 0 aliphatic heterocycles. The lowest BCUT2D eigenvalue weighted by atomic mass is 10.1. The molecule has 0 amide bonds. The van der Waals surface area contributed by atoms with Gasteiger partial charge in [0.05, 0.1) is 23.7 Å². The standard InChI is InChI=1S/C11H7F3N2/c1-2-5-16-10-4-3-8(7-15)6-9(10)11(12,13)14/h1,3-4,6,16H,5H2. The Kier molecular flexibility index (Phi) is 3.42. The summed E-state index contributed by atoms with van der Waals surface area (Å²) >= 11 is 0. The van der Waals surface area contributed by atoms with Crippen molar-refractivity contribution < 1.29 is 13.2 Å². The van der Waals surface area contributed by atoms with Crippen LogP contribution in [-0.4, -0.2) is 6.54 Å². The van der Waals surface area contributed by atoms with Gasteiger partial charge in [-0.15, -0.1) is 6.42 Å². The fourth-order valence-electron chi connectivity index (χ4n) is 1.15. The Morgan fingerprint density at radius 2 is 2.06 bits per heavy atom. The van der Waals surface area contributed by atoms with Gasteiger partial charge < -0.3 is 5.32 Å². The summed E-state index contributed by atoms with van der Waals surface area (Å²) in [5.41, 5.74) is -1.05. The van der Waals surface area contributed by atoms with E-state index in [4.69, 9.17) is 11.7 Å². The predicted octanol–water partition coefficient (Wildman–Crippen LogP) is 2.62. The average Bonchev–Trinajstić information content (AvgIpc) is 2.25. The summed E-state index contributed by atoms with van der Waals surface area (Å²) in [4.78, 5) is 0. The summed E-state index contributed by atoms with van der Waals surface area (Å²) < 4.78 is 37.8. The van der Waals surface area contributed by atoms with Gasteiger partial charge in [0.15, 0.2) is 0 Å². The molecule has 0 fully saturated rings. The molecule has 1 aromatic rings. The Hall–Kier alpha value is -2.14. The van der Waals surface area contributed by atoms with Gasteiger partial charge in [0.2, 0.25) is 0 Å². The number of nitrogens with one attached hydrogen (secondary N) is 1. The summed E-state index contributed by atoms with van der Waals surface area (Å²) in [6.07, 6.45) is 0.435. The van der Waals surface area contributed by atoms with Gasteiger partial charge in [-0.3, -0.25) is 0 Å². The van der Waals surface area contributed by atoms with Crippen LogP contribution in [0.25, 0.3) is 0 Å². The van der Waals surface area contributed by atoms with Crippen LogP contribution in [0.5, 0.6) is 0 Å². The van der Waals surface area contributed by atoms with Crippen LogP contribution in [0.15, 0.2) is 18.2 Å². The van der Waals surface area contributed by atoms with Crippen LogP contribution in [0.1, 0.15) is 11.1 Å². The summed E-state index contributed by atoms with van der Waals surface area (Å²) in [5.74, 6) is 2.18. The highest BCUT2D eigenvalue weighted by molar-refractivity contribution is 5.56. The van der Waals surface area contributed by atoms with Crippen LogP contribution in [-0.2, 0) is 6.18 Å². The topological polar surface area (TPSA) is 35.8 Å². The van der Waals surface area contributed by atoms with Crippen molar-refractivity contribution in [3.8, 4) is 18.4 Å². The zero-order chi connectivity index (χ0) is 12.2. The third-order valence-electron chi connectivity index (χ3n) is 1.83. The van der Waals surface area contributed by atoms with Crippen molar-refractivity contribution in [2.45, 2.75) is 6.18 Å². The highest BCUT2D eigenvalue weighted by atomic mass is 19.4. The van der Waals surface area contributed by atoms with E-state index in [2.05, 4.69) is 11.2 Å². The second-order valence-electron chi connectivity index (χ2n) is 2.93. The fraction of sp³-hybridized carbons (Fsp3) is 0.182. The van der Waals surface area contributed by atoms with E-state index in [0.717, 1.165) is 6.07 Å². The van der Waals surface area contributed by atoms with Crippen LogP contribution in [0, 0.1) is 23.7 Å². The molecular weight excluding hydrogens is 217 g/mol. The van der Waals surface area contributed by atoms with Crippen molar-refractivity contribution in [2.24, 2.45) is 0 Å². The number of anilines is 1. The van der Waals surface area contributed by atoms with E-state index in [9.17, 15) is 13.2 Å². The van der Waals surface area contributed by atoms with Crippen LogP contribution in [0.4, 0.5) is 18.9 Å². The minimum Gasteiger partial charge on any atom is -0.374 e. The maximum Gasteiger partial charge on any atom is 0.418 e. The molecule has 0 unspecified atom stereocenters. The molecule has 0 aromatic heterocycles. The minimum absolute atomic E-state index is 0.00498. The Balaban J connectivity index is 3.19. The number of hydrogen-bond donors (Lipinski definition) is 1. The van der Waals surface area contributed by atoms with E-state index in [1.54, 1.807) is 6.07 Å². The number of rotatable bonds is 2. The number of hydrogen-bond acceptors (Lipinski definition) is 2. The van der Waals surface area contributed by atoms with Gasteiger partial charge in [-0.05, 0) is 18.2 Å². The molecule has 0 aliphatic carbocycles. The zero-order valence-corrected chi connectivity index (χ0v) is 8.10. The highest BCUT2D eigenvalue weighted by Gasteiger charge is 2.33. The predicted molar refractivity (Wildman–Crippen MR) is 53.5 cm³/mol. The van der Waals surface area contributed by atoms with Gasteiger partial charge in [-0.2, -0.15) is 18.4 Å². The first-order valence-electron chi connectivity index (χ1n) is 4.27. The monoisotopic (exact) mass is 224 g/mol.